The molecule has 2 heterocycles. The summed E-state index contributed by atoms with van der Waals surface area (Å²) in [6.07, 6.45) is 9.90. The fourth-order valence-corrected chi connectivity index (χ4v) is 3.93. The molecule has 3 rings (SSSR count). The maximum absolute atomic E-state index is 6.01. The number of nitrogens with zero attached hydrogens (tertiary/aromatic N) is 1. The van der Waals surface area contributed by atoms with Crippen LogP contribution in [0.5, 0.6) is 0 Å². The first kappa shape index (κ1) is 14.8. The maximum atomic E-state index is 6.01. The first-order valence-corrected chi connectivity index (χ1v) is 8.61. The molecule has 2 saturated heterocycles. The number of hydrogen-bond donors (Lipinski definition) is 1. The molecule has 0 radical (unpaired) electrons. The molecule has 0 aromatic heterocycles. The molecule has 4 heteroatoms. The van der Waals surface area contributed by atoms with E-state index in [1.54, 1.807) is 0 Å². The SMILES string of the molecule is C1CCC2C(C1)OCCN2CCCOC1CCNCC1. The molecule has 116 valence electrons. The minimum atomic E-state index is 0.503. The van der Waals surface area contributed by atoms with Crippen molar-refractivity contribution in [3.63, 3.8) is 0 Å². The van der Waals surface area contributed by atoms with Gasteiger partial charge in [0.25, 0.3) is 0 Å². The molecule has 20 heavy (non-hydrogen) atoms. The highest BCUT2D eigenvalue weighted by atomic mass is 16.5. The van der Waals surface area contributed by atoms with Crippen molar-refractivity contribution in [2.75, 3.05) is 39.4 Å². The lowest BCUT2D eigenvalue weighted by Crippen LogP contribution is -2.52. The van der Waals surface area contributed by atoms with Crippen molar-refractivity contribution in [1.82, 2.24) is 10.2 Å². The molecule has 0 amide bonds. The molecule has 0 bridgehead atoms. The van der Waals surface area contributed by atoms with E-state index in [0.29, 0.717) is 18.2 Å². The van der Waals surface area contributed by atoms with Crippen LogP contribution < -0.4 is 5.32 Å². The lowest BCUT2D eigenvalue weighted by Gasteiger charge is -2.44. The summed E-state index contributed by atoms with van der Waals surface area (Å²) in [5.74, 6) is 0. The minimum Gasteiger partial charge on any atom is -0.378 e. The van der Waals surface area contributed by atoms with Crippen LogP contribution in [0.1, 0.15) is 44.9 Å². The van der Waals surface area contributed by atoms with E-state index in [2.05, 4.69) is 10.2 Å². The first-order valence-electron chi connectivity index (χ1n) is 8.61. The summed E-state index contributed by atoms with van der Waals surface area (Å²) >= 11 is 0. The smallest absolute Gasteiger partial charge is 0.0730 e. The molecule has 1 aliphatic carbocycles. The van der Waals surface area contributed by atoms with Gasteiger partial charge in [-0.2, -0.15) is 0 Å². The molecule has 2 unspecified atom stereocenters. The predicted octanol–water partition coefficient (Wildman–Crippen LogP) is 1.79. The summed E-state index contributed by atoms with van der Waals surface area (Å²) in [5.41, 5.74) is 0. The van der Waals surface area contributed by atoms with Crippen LogP contribution in [-0.2, 0) is 9.47 Å². The number of rotatable bonds is 5. The van der Waals surface area contributed by atoms with Gasteiger partial charge in [-0.3, -0.25) is 4.90 Å². The van der Waals surface area contributed by atoms with Crippen molar-refractivity contribution in [3.05, 3.63) is 0 Å². The fourth-order valence-electron chi connectivity index (χ4n) is 3.93. The quantitative estimate of drug-likeness (QED) is 0.780. The summed E-state index contributed by atoms with van der Waals surface area (Å²) in [4.78, 5) is 2.67. The molecule has 4 nitrogen and oxygen atoms in total. The van der Waals surface area contributed by atoms with E-state index in [4.69, 9.17) is 9.47 Å². The van der Waals surface area contributed by atoms with Crippen LogP contribution in [0, 0.1) is 0 Å². The third kappa shape index (κ3) is 3.94. The predicted molar refractivity (Wildman–Crippen MR) is 80.0 cm³/mol. The van der Waals surface area contributed by atoms with Crippen molar-refractivity contribution in [1.29, 1.82) is 0 Å². The van der Waals surface area contributed by atoms with E-state index in [9.17, 15) is 0 Å². The van der Waals surface area contributed by atoms with Crippen molar-refractivity contribution < 1.29 is 9.47 Å². The zero-order valence-corrected chi connectivity index (χ0v) is 12.7. The summed E-state index contributed by atoms with van der Waals surface area (Å²) in [6.45, 7) is 6.41. The van der Waals surface area contributed by atoms with E-state index in [1.165, 1.54) is 51.5 Å². The van der Waals surface area contributed by atoms with Crippen LogP contribution in [0.2, 0.25) is 0 Å². The Labute approximate surface area is 123 Å². The Morgan fingerprint density at radius 1 is 1.10 bits per heavy atom. The standard InChI is InChI=1S/C16H30N2O2/c1-2-5-16-15(4-1)18(11-13-20-16)10-3-12-19-14-6-8-17-9-7-14/h14-17H,1-13H2. The molecule has 0 spiro atoms. The summed E-state index contributed by atoms with van der Waals surface area (Å²) in [6, 6.07) is 0.691. The Bertz CT molecular complexity index is 280. The minimum absolute atomic E-state index is 0.503. The monoisotopic (exact) mass is 282 g/mol. The number of ether oxygens (including phenoxy) is 2. The van der Waals surface area contributed by atoms with Gasteiger partial charge in [-0.05, 0) is 45.2 Å². The molecule has 0 aromatic carbocycles. The highest BCUT2D eigenvalue weighted by molar-refractivity contribution is 4.87. The van der Waals surface area contributed by atoms with E-state index in [-0.39, 0.29) is 0 Å². The Kier molecular flexibility index (Phi) is 5.71. The molecular weight excluding hydrogens is 252 g/mol. The van der Waals surface area contributed by atoms with Crippen LogP contribution in [0.25, 0.3) is 0 Å². The Hall–Kier alpha value is -0.160. The molecule has 0 aromatic rings. The fraction of sp³-hybridized carbons (Fsp3) is 1.00. The average molecular weight is 282 g/mol. The van der Waals surface area contributed by atoms with Crippen LogP contribution in [0.4, 0.5) is 0 Å². The molecule has 3 fully saturated rings. The number of hydrogen-bond acceptors (Lipinski definition) is 4. The lowest BCUT2D eigenvalue weighted by atomic mass is 9.90. The van der Waals surface area contributed by atoms with Crippen LogP contribution in [-0.4, -0.2) is 62.5 Å². The van der Waals surface area contributed by atoms with E-state index in [1.807, 2.05) is 0 Å². The summed E-state index contributed by atoms with van der Waals surface area (Å²) < 4.78 is 11.9. The number of morpholine rings is 1. The third-order valence-corrected chi connectivity index (χ3v) is 5.08. The van der Waals surface area contributed by atoms with Gasteiger partial charge in [0.2, 0.25) is 0 Å². The average Bonchev–Trinajstić information content (AvgIpc) is 2.53. The molecule has 2 atom stereocenters. The molecule has 1 saturated carbocycles. The molecular formula is C16H30N2O2. The van der Waals surface area contributed by atoms with Gasteiger partial charge in [0, 0.05) is 25.7 Å². The van der Waals surface area contributed by atoms with Crippen molar-refractivity contribution >= 4 is 0 Å². The van der Waals surface area contributed by atoms with Gasteiger partial charge in [0.15, 0.2) is 0 Å². The largest absolute Gasteiger partial charge is 0.378 e. The van der Waals surface area contributed by atoms with Gasteiger partial charge in [-0.15, -0.1) is 0 Å². The summed E-state index contributed by atoms with van der Waals surface area (Å²) in [7, 11) is 0. The van der Waals surface area contributed by atoms with E-state index >= 15 is 0 Å². The van der Waals surface area contributed by atoms with Gasteiger partial charge >= 0.3 is 0 Å². The highest BCUT2D eigenvalue weighted by Crippen LogP contribution is 2.28. The first-order chi connectivity index (χ1) is 9.93. The Balaban J connectivity index is 1.34. The second kappa shape index (κ2) is 7.74. The van der Waals surface area contributed by atoms with Crippen LogP contribution in [0.3, 0.4) is 0 Å². The van der Waals surface area contributed by atoms with Crippen LogP contribution in [0.15, 0.2) is 0 Å². The van der Waals surface area contributed by atoms with E-state index in [0.717, 1.165) is 32.8 Å². The lowest BCUT2D eigenvalue weighted by molar-refractivity contribution is -0.0903. The Morgan fingerprint density at radius 2 is 1.95 bits per heavy atom. The normalized spacial score (nSPS) is 33.0. The Morgan fingerprint density at radius 3 is 2.85 bits per heavy atom. The second-order valence-electron chi connectivity index (χ2n) is 6.47. The van der Waals surface area contributed by atoms with E-state index < -0.39 is 0 Å². The number of fused-ring (bicyclic) bond motifs is 1. The third-order valence-electron chi connectivity index (χ3n) is 5.08. The van der Waals surface area contributed by atoms with Gasteiger partial charge in [0.05, 0.1) is 18.8 Å². The van der Waals surface area contributed by atoms with Gasteiger partial charge in [-0.1, -0.05) is 12.8 Å². The summed E-state index contributed by atoms with van der Waals surface area (Å²) in [5, 5.41) is 3.39. The number of piperidine rings is 1. The van der Waals surface area contributed by atoms with Crippen molar-refractivity contribution in [2.45, 2.75) is 63.2 Å². The molecule has 2 aliphatic heterocycles. The molecule has 1 N–H and O–H groups in total. The van der Waals surface area contributed by atoms with Crippen LogP contribution >= 0.6 is 0 Å². The van der Waals surface area contributed by atoms with Gasteiger partial charge in [0.1, 0.15) is 0 Å². The zero-order valence-electron chi connectivity index (χ0n) is 12.7. The number of nitrogens with one attached hydrogen (secondary N) is 1. The van der Waals surface area contributed by atoms with Crippen molar-refractivity contribution in [2.24, 2.45) is 0 Å². The van der Waals surface area contributed by atoms with Gasteiger partial charge < -0.3 is 14.8 Å². The second-order valence-corrected chi connectivity index (χ2v) is 6.47. The topological polar surface area (TPSA) is 33.7 Å². The highest BCUT2D eigenvalue weighted by Gasteiger charge is 2.33. The maximum Gasteiger partial charge on any atom is 0.0730 e. The molecule has 3 aliphatic rings. The zero-order chi connectivity index (χ0) is 13.6. The van der Waals surface area contributed by atoms with Gasteiger partial charge in [-0.25, -0.2) is 0 Å². The van der Waals surface area contributed by atoms with Crippen molar-refractivity contribution in [3.8, 4) is 0 Å².